The first kappa shape index (κ1) is 13.5. The van der Waals surface area contributed by atoms with E-state index in [4.69, 9.17) is 0 Å². The number of amides is 1. The lowest BCUT2D eigenvalue weighted by Gasteiger charge is -2.15. The molecule has 1 rings (SSSR count). The topological polar surface area (TPSA) is 41.1 Å². The first-order valence-electron chi connectivity index (χ1n) is 6.34. The second-order valence-electron chi connectivity index (χ2n) is 6.16. The standard InChI is InChI=1S/C13H26N2O/c1-9(2)7-15-12(16)10(3)14-8-11-6-13(11,4)5/h9-11,14H,6-8H2,1-5H3,(H,15,16). The van der Waals surface area contributed by atoms with Crippen LogP contribution in [0.4, 0.5) is 0 Å². The highest BCUT2D eigenvalue weighted by Gasteiger charge is 2.45. The fraction of sp³-hybridized carbons (Fsp3) is 0.923. The molecule has 2 atom stereocenters. The Labute approximate surface area is 99.4 Å². The number of rotatable bonds is 6. The van der Waals surface area contributed by atoms with Gasteiger partial charge in [0, 0.05) is 6.54 Å². The van der Waals surface area contributed by atoms with Crippen molar-refractivity contribution in [3.05, 3.63) is 0 Å². The van der Waals surface area contributed by atoms with Gasteiger partial charge in [0.2, 0.25) is 5.91 Å². The first-order chi connectivity index (χ1) is 7.33. The molecule has 3 nitrogen and oxygen atoms in total. The largest absolute Gasteiger partial charge is 0.354 e. The van der Waals surface area contributed by atoms with Crippen LogP contribution in [0.3, 0.4) is 0 Å². The zero-order valence-corrected chi connectivity index (χ0v) is 11.3. The van der Waals surface area contributed by atoms with Gasteiger partial charge in [0.15, 0.2) is 0 Å². The lowest BCUT2D eigenvalue weighted by Crippen LogP contribution is -2.44. The van der Waals surface area contributed by atoms with E-state index in [0.29, 0.717) is 11.3 Å². The van der Waals surface area contributed by atoms with E-state index in [-0.39, 0.29) is 11.9 Å². The van der Waals surface area contributed by atoms with Crippen LogP contribution >= 0.6 is 0 Å². The quantitative estimate of drug-likeness (QED) is 0.725. The monoisotopic (exact) mass is 226 g/mol. The Hall–Kier alpha value is -0.570. The molecule has 3 heteroatoms. The van der Waals surface area contributed by atoms with Gasteiger partial charge < -0.3 is 10.6 Å². The van der Waals surface area contributed by atoms with Gasteiger partial charge in [-0.25, -0.2) is 0 Å². The molecule has 94 valence electrons. The van der Waals surface area contributed by atoms with Crippen LogP contribution in [0.15, 0.2) is 0 Å². The number of carbonyl (C=O) groups excluding carboxylic acids is 1. The Morgan fingerprint density at radius 1 is 1.38 bits per heavy atom. The number of nitrogens with one attached hydrogen (secondary N) is 2. The number of carbonyl (C=O) groups is 1. The maximum atomic E-state index is 11.7. The Bertz CT molecular complexity index is 248. The van der Waals surface area contributed by atoms with Crippen molar-refractivity contribution in [3.8, 4) is 0 Å². The van der Waals surface area contributed by atoms with Crippen LogP contribution in [0.5, 0.6) is 0 Å². The summed E-state index contributed by atoms with van der Waals surface area (Å²) in [7, 11) is 0. The molecule has 2 N–H and O–H groups in total. The van der Waals surface area contributed by atoms with E-state index in [1.807, 2.05) is 6.92 Å². The minimum atomic E-state index is -0.0739. The van der Waals surface area contributed by atoms with E-state index in [2.05, 4.69) is 38.3 Å². The van der Waals surface area contributed by atoms with Crippen molar-refractivity contribution >= 4 is 5.91 Å². The van der Waals surface area contributed by atoms with Gasteiger partial charge in [0.1, 0.15) is 0 Å². The van der Waals surface area contributed by atoms with Crippen LogP contribution in [-0.2, 0) is 4.79 Å². The molecular weight excluding hydrogens is 200 g/mol. The van der Waals surface area contributed by atoms with Crippen molar-refractivity contribution in [1.29, 1.82) is 0 Å². The molecule has 1 aliphatic rings. The molecule has 0 spiro atoms. The van der Waals surface area contributed by atoms with Crippen molar-refractivity contribution < 1.29 is 4.79 Å². The second kappa shape index (κ2) is 5.17. The van der Waals surface area contributed by atoms with Gasteiger partial charge in [-0.05, 0) is 37.1 Å². The van der Waals surface area contributed by atoms with Gasteiger partial charge in [-0.1, -0.05) is 27.7 Å². The number of hydrogen-bond donors (Lipinski definition) is 2. The minimum absolute atomic E-state index is 0.0739. The average Bonchev–Trinajstić information content (AvgIpc) is 2.79. The molecular formula is C13H26N2O. The molecule has 0 aliphatic heterocycles. The summed E-state index contributed by atoms with van der Waals surface area (Å²) >= 11 is 0. The van der Waals surface area contributed by atoms with Crippen LogP contribution in [0.2, 0.25) is 0 Å². The molecule has 0 aromatic heterocycles. The third-order valence-electron chi connectivity index (χ3n) is 3.47. The van der Waals surface area contributed by atoms with Crippen molar-refractivity contribution in [2.75, 3.05) is 13.1 Å². The van der Waals surface area contributed by atoms with Gasteiger partial charge in [-0.3, -0.25) is 4.79 Å². The predicted octanol–water partition coefficient (Wildman–Crippen LogP) is 1.78. The highest BCUT2D eigenvalue weighted by atomic mass is 16.2. The normalized spacial score (nSPS) is 24.2. The third-order valence-corrected chi connectivity index (χ3v) is 3.47. The maximum Gasteiger partial charge on any atom is 0.236 e. The molecule has 0 aromatic carbocycles. The number of hydrogen-bond acceptors (Lipinski definition) is 2. The first-order valence-corrected chi connectivity index (χ1v) is 6.34. The zero-order chi connectivity index (χ0) is 12.3. The van der Waals surface area contributed by atoms with Crippen molar-refractivity contribution in [1.82, 2.24) is 10.6 Å². The van der Waals surface area contributed by atoms with E-state index in [0.717, 1.165) is 19.0 Å². The van der Waals surface area contributed by atoms with Gasteiger partial charge in [0.05, 0.1) is 6.04 Å². The lowest BCUT2D eigenvalue weighted by atomic mass is 10.1. The van der Waals surface area contributed by atoms with E-state index >= 15 is 0 Å². The lowest BCUT2D eigenvalue weighted by molar-refractivity contribution is -0.122. The molecule has 0 radical (unpaired) electrons. The maximum absolute atomic E-state index is 11.7. The van der Waals surface area contributed by atoms with Gasteiger partial charge >= 0.3 is 0 Å². The van der Waals surface area contributed by atoms with Crippen LogP contribution in [-0.4, -0.2) is 25.0 Å². The molecule has 0 aromatic rings. The summed E-state index contributed by atoms with van der Waals surface area (Å²) in [6, 6.07) is -0.0739. The summed E-state index contributed by atoms with van der Waals surface area (Å²) < 4.78 is 0. The fourth-order valence-corrected chi connectivity index (χ4v) is 1.79. The zero-order valence-electron chi connectivity index (χ0n) is 11.3. The summed E-state index contributed by atoms with van der Waals surface area (Å²) in [5, 5.41) is 6.26. The highest BCUT2D eigenvalue weighted by Crippen LogP contribution is 2.50. The molecule has 16 heavy (non-hydrogen) atoms. The second-order valence-corrected chi connectivity index (χ2v) is 6.16. The van der Waals surface area contributed by atoms with E-state index in [1.54, 1.807) is 0 Å². The van der Waals surface area contributed by atoms with Gasteiger partial charge in [-0.2, -0.15) is 0 Å². The highest BCUT2D eigenvalue weighted by molar-refractivity contribution is 5.81. The van der Waals surface area contributed by atoms with E-state index < -0.39 is 0 Å². The molecule has 2 unspecified atom stereocenters. The van der Waals surface area contributed by atoms with Crippen molar-refractivity contribution in [2.24, 2.45) is 17.3 Å². The van der Waals surface area contributed by atoms with Gasteiger partial charge in [0.25, 0.3) is 0 Å². The fourth-order valence-electron chi connectivity index (χ4n) is 1.79. The Balaban J connectivity index is 2.14. The predicted molar refractivity (Wildman–Crippen MR) is 67.2 cm³/mol. The molecule has 0 heterocycles. The summed E-state index contributed by atoms with van der Waals surface area (Å²) in [6.07, 6.45) is 1.28. The van der Waals surface area contributed by atoms with Crippen LogP contribution in [0.1, 0.15) is 41.0 Å². The molecule has 1 fully saturated rings. The van der Waals surface area contributed by atoms with Crippen LogP contribution < -0.4 is 10.6 Å². The Morgan fingerprint density at radius 3 is 2.38 bits per heavy atom. The molecule has 1 amide bonds. The van der Waals surface area contributed by atoms with Crippen molar-refractivity contribution in [3.63, 3.8) is 0 Å². The Morgan fingerprint density at radius 2 is 1.94 bits per heavy atom. The van der Waals surface area contributed by atoms with E-state index in [1.165, 1.54) is 6.42 Å². The third kappa shape index (κ3) is 4.12. The molecule has 0 saturated heterocycles. The summed E-state index contributed by atoms with van der Waals surface area (Å²) in [6.45, 7) is 12.4. The molecule has 1 aliphatic carbocycles. The summed E-state index contributed by atoms with van der Waals surface area (Å²) in [4.78, 5) is 11.7. The summed E-state index contributed by atoms with van der Waals surface area (Å²) in [5.41, 5.74) is 0.487. The molecule has 1 saturated carbocycles. The minimum Gasteiger partial charge on any atom is -0.354 e. The van der Waals surface area contributed by atoms with Crippen LogP contribution in [0.25, 0.3) is 0 Å². The van der Waals surface area contributed by atoms with Crippen LogP contribution in [0, 0.1) is 17.3 Å². The SMILES string of the molecule is CC(C)CNC(=O)C(C)NCC1CC1(C)C. The smallest absolute Gasteiger partial charge is 0.236 e. The Kier molecular flexibility index (Phi) is 4.36. The van der Waals surface area contributed by atoms with Gasteiger partial charge in [-0.15, -0.1) is 0 Å². The average molecular weight is 226 g/mol. The van der Waals surface area contributed by atoms with Crippen molar-refractivity contribution in [2.45, 2.75) is 47.1 Å². The summed E-state index contributed by atoms with van der Waals surface area (Å²) in [5.74, 6) is 1.37. The van der Waals surface area contributed by atoms with E-state index in [9.17, 15) is 4.79 Å². The molecule has 0 bridgehead atoms.